The van der Waals surface area contributed by atoms with Gasteiger partial charge in [0.15, 0.2) is 5.78 Å². The predicted octanol–water partition coefficient (Wildman–Crippen LogP) is 3.75. The molecule has 5 rings (SSSR count). The standard InChI is InChI=1S/C18H19N5O.C10H12O2/c1-11-5-6-13(19)9-12(11)7-8-21-18-15-4-2-3-14(17(20)24)16(15)22-10-23-18;1-7(11)8-3-4-10(12-2)6-9(10)5-8/h2-6,9-10H,7-8,19H2,1H3,(H2,20,24)(H,21,22,23);3-5,9H,6H2,1-2H3. The number of hydrogen-bond donors (Lipinski definition) is 3. The summed E-state index contributed by atoms with van der Waals surface area (Å²) in [6.45, 7) is 4.35. The number of nitrogens with one attached hydrogen (secondary N) is 1. The van der Waals surface area contributed by atoms with Crippen LogP contribution in [-0.4, -0.2) is 40.9 Å². The summed E-state index contributed by atoms with van der Waals surface area (Å²) < 4.78 is 5.34. The molecule has 2 atom stereocenters. The van der Waals surface area contributed by atoms with E-state index in [4.69, 9.17) is 16.2 Å². The van der Waals surface area contributed by atoms with Crippen molar-refractivity contribution in [1.82, 2.24) is 9.97 Å². The van der Waals surface area contributed by atoms with Gasteiger partial charge in [-0.25, -0.2) is 9.97 Å². The fraction of sp³-hybridized carbons (Fsp3) is 0.286. The number of aromatic nitrogens is 2. The highest BCUT2D eigenvalue weighted by atomic mass is 16.5. The van der Waals surface area contributed by atoms with Crippen LogP contribution in [0.4, 0.5) is 11.5 Å². The van der Waals surface area contributed by atoms with Gasteiger partial charge in [-0.05, 0) is 62.1 Å². The lowest BCUT2D eigenvalue weighted by atomic mass is 10.0. The smallest absolute Gasteiger partial charge is 0.250 e. The van der Waals surface area contributed by atoms with Gasteiger partial charge in [0.2, 0.25) is 0 Å². The summed E-state index contributed by atoms with van der Waals surface area (Å²) in [5, 5.41) is 4.08. The molecule has 0 saturated heterocycles. The Morgan fingerprint density at radius 2 is 2.03 bits per heavy atom. The van der Waals surface area contributed by atoms with E-state index in [0.29, 0.717) is 29.4 Å². The first kappa shape index (κ1) is 25.1. The Balaban J connectivity index is 0.000000211. The molecule has 2 unspecified atom stereocenters. The zero-order valence-corrected chi connectivity index (χ0v) is 20.7. The maximum atomic E-state index is 11.5. The monoisotopic (exact) mass is 485 g/mol. The van der Waals surface area contributed by atoms with Gasteiger partial charge in [-0.2, -0.15) is 0 Å². The van der Waals surface area contributed by atoms with E-state index in [9.17, 15) is 9.59 Å². The van der Waals surface area contributed by atoms with Gasteiger partial charge in [0.25, 0.3) is 5.91 Å². The molecule has 1 fully saturated rings. The molecular formula is C28H31N5O3. The number of anilines is 2. The molecule has 2 aliphatic carbocycles. The Morgan fingerprint density at radius 1 is 1.22 bits per heavy atom. The van der Waals surface area contributed by atoms with Crippen molar-refractivity contribution < 1.29 is 14.3 Å². The van der Waals surface area contributed by atoms with E-state index in [1.54, 1.807) is 26.2 Å². The Kier molecular flexibility index (Phi) is 7.17. The lowest BCUT2D eigenvalue weighted by Gasteiger charge is -2.12. The number of carbonyl (C=O) groups excluding carboxylic acids is 2. The van der Waals surface area contributed by atoms with E-state index in [1.165, 1.54) is 17.5 Å². The quantitative estimate of drug-likeness (QED) is 0.434. The highest BCUT2D eigenvalue weighted by Gasteiger charge is 2.53. The summed E-state index contributed by atoms with van der Waals surface area (Å²) >= 11 is 0. The number of benzene rings is 2. The zero-order valence-electron chi connectivity index (χ0n) is 20.7. The maximum absolute atomic E-state index is 11.5. The van der Waals surface area contributed by atoms with Crippen molar-refractivity contribution in [3.8, 4) is 0 Å². The number of nitrogens with zero attached hydrogens (tertiary/aromatic N) is 2. The van der Waals surface area contributed by atoms with Gasteiger partial charge < -0.3 is 21.5 Å². The van der Waals surface area contributed by atoms with Crippen LogP contribution in [0.1, 0.15) is 34.8 Å². The van der Waals surface area contributed by atoms with Crippen molar-refractivity contribution in [2.45, 2.75) is 32.3 Å². The van der Waals surface area contributed by atoms with Gasteiger partial charge in [0.05, 0.1) is 16.7 Å². The van der Waals surface area contributed by atoms with Crippen molar-refractivity contribution in [3.05, 3.63) is 83.2 Å². The van der Waals surface area contributed by atoms with Gasteiger partial charge in [0, 0.05) is 36.2 Å². The maximum Gasteiger partial charge on any atom is 0.250 e. The van der Waals surface area contributed by atoms with E-state index >= 15 is 0 Å². The van der Waals surface area contributed by atoms with Crippen LogP contribution in [0.5, 0.6) is 0 Å². The van der Waals surface area contributed by atoms with Crippen LogP contribution in [0.3, 0.4) is 0 Å². The van der Waals surface area contributed by atoms with E-state index in [2.05, 4.69) is 22.2 Å². The Hall–Kier alpha value is -4.04. The normalized spacial score (nSPS) is 19.5. The number of ether oxygens (including phenoxy) is 1. The molecular weight excluding hydrogens is 454 g/mol. The number of Topliss-reactive ketones (excluding diaryl/α,β-unsaturated/α-hetero) is 1. The lowest BCUT2D eigenvalue weighted by molar-refractivity contribution is -0.113. The zero-order chi connectivity index (χ0) is 25.9. The van der Waals surface area contributed by atoms with E-state index in [-0.39, 0.29) is 11.4 Å². The summed E-state index contributed by atoms with van der Waals surface area (Å²) in [7, 11) is 1.72. The summed E-state index contributed by atoms with van der Waals surface area (Å²) in [6.07, 6.45) is 9.17. The molecule has 2 aliphatic rings. The molecule has 1 saturated carbocycles. The number of carbonyl (C=O) groups is 2. The van der Waals surface area contributed by atoms with Crippen molar-refractivity contribution in [2.75, 3.05) is 24.7 Å². The second kappa shape index (κ2) is 10.3. The van der Waals surface area contributed by atoms with Gasteiger partial charge >= 0.3 is 0 Å². The SMILES string of the molecule is COC12C=CC(C(C)=O)=CC1C2.Cc1ccc(N)cc1CCNc1ncnc2c(C(N)=O)cccc12. The predicted molar refractivity (Wildman–Crippen MR) is 142 cm³/mol. The third kappa shape index (κ3) is 5.28. The number of methoxy groups -OCH3 is 1. The lowest BCUT2D eigenvalue weighted by Crippen LogP contribution is -2.14. The summed E-state index contributed by atoms with van der Waals surface area (Å²) in [6, 6.07) is 11.2. The third-order valence-corrected chi connectivity index (χ3v) is 6.71. The van der Waals surface area contributed by atoms with Crippen molar-refractivity contribution in [2.24, 2.45) is 11.7 Å². The largest absolute Gasteiger partial charge is 0.399 e. The van der Waals surface area contributed by atoms with E-state index < -0.39 is 5.91 Å². The molecule has 8 heteroatoms. The summed E-state index contributed by atoms with van der Waals surface area (Å²) in [4.78, 5) is 31.0. The number of rotatable bonds is 7. The van der Waals surface area contributed by atoms with Crippen LogP contribution in [0.25, 0.3) is 10.9 Å². The number of primary amides is 1. The van der Waals surface area contributed by atoms with Crippen LogP contribution >= 0.6 is 0 Å². The van der Waals surface area contributed by atoms with Crippen LogP contribution in [-0.2, 0) is 16.0 Å². The number of amides is 1. The summed E-state index contributed by atoms with van der Waals surface area (Å²) in [5.41, 5.74) is 16.1. The van der Waals surface area contributed by atoms with Crippen molar-refractivity contribution in [1.29, 1.82) is 0 Å². The molecule has 5 N–H and O–H groups in total. The molecule has 36 heavy (non-hydrogen) atoms. The Morgan fingerprint density at radius 3 is 2.72 bits per heavy atom. The molecule has 1 aromatic heterocycles. The van der Waals surface area contributed by atoms with Crippen LogP contribution in [0.2, 0.25) is 0 Å². The van der Waals surface area contributed by atoms with Gasteiger partial charge in [0.1, 0.15) is 12.1 Å². The van der Waals surface area contributed by atoms with E-state index in [0.717, 1.165) is 29.5 Å². The molecule has 186 valence electrons. The number of hydrogen-bond acceptors (Lipinski definition) is 7. The van der Waals surface area contributed by atoms with Crippen LogP contribution in [0, 0.1) is 12.8 Å². The number of nitrogen functional groups attached to an aromatic ring is 1. The van der Waals surface area contributed by atoms with Gasteiger partial charge in [-0.3, -0.25) is 9.59 Å². The van der Waals surface area contributed by atoms with Gasteiger partial charge in [-0.1, -0.05) is 30.4 Å². The number of aryl methyl sites for hydroxylation is 1. The second-order valence-corrected chi connectivity index (χ2v) is 9.13. The summed E-state index contributed by atoms with van der Waals surface area (Å²) in [5.74, 6) is 0.763. The number of allylic oxidation sites excluding steroid dienone is 2. The third-order valence-electron chi connectivity index (χ3n) is 6.71. The molecule has 0 aliphatic heterocycles. The number of fused-ring (bicyclic) bond motifs is 2. The van der Waals surface area contributed by atoms with E-state index in [1.807, 2.05) is 42.5 Å². The average molecular weight is 486 g/mol. The fourth-order valence-electron chi connectivity index (χ4n) is 4.42. The minimum absolute atomic E-state index is 0.0566. The van der Waals surface area contributed by atoms with Crippen LogP contribution < -0.4 is 16.8 Å². The number of ketones is 1. The average Bonchev–Trinajstić information content (AvgIpc) is 3.60. The number of para-hydroxylation sites is 1. The van der Waals surface area contributed by atoms with Gasteiger partial charge in [-0.15, -0.1) is 0 Å². The molecule has 1 amide bonds. The Bertz CT molecular complexity index is 1380. The molecule has 0 radical (unpaired) electrons. The van der Waals surface area contributed by atoms with Crippen LogP contribution in [0.15, 0.2) is 66.5 Å². The molecule has 8 nitrogen and oxygen atoms in total. The second-order valence-electron chi connectivity index (χ2n) is 9.13. The first-order chi connectivity index (χ1) is 17.2. The van der Waals surface area contributed by atoms with Crippen molar-refractivity contribution in [3.63, 3.8) is 0 Å². The fourth-order valence-corrected chi connectivity index (χ4v) is 4.42. The highest BCUT2D eigenvalue weighted by Crippen LogP contribution is 2.51. The first-order valence-corrected chi connectivity index (χ1v) is 11.8. The molecule has 1 heterocycles. The number of nitrogens with two attached hydrogens (primary N) is 2. The minimum atomic E-state index is -0.499. The minimum Gasteiger partial charge on any atom is -0.399 e. The van der Waals surface area contributed by atoms with Crippen molar-refractivity contribution >= 4 is 34.1 Å². The highest BCUT2D eigenvalue weighted by molar-refractivity contribution is 6.06. The molecule has 3 aromatic rings. The Labute approximate surface area is 210 Å². The molecule has 0 bridgehead atoms. The molecule has 2 aromatic carbocycles. The molecule has 0 spiro atoms. The first-order valence-electron chi connectivity index (χ1n) is 11.8. The topological polar surface area (TPSA) is 133 Å².